The lowest BCUT2D eigenvalue weighted by Gasteiger charge is -2.14. The van der Waals surface area contributed by atoms with Crippen molar-refractivity contribution >= 4 is 22.4 Å². The average molecular weight is 386 g/mol. The molecule has 2 aromatic heterocycles. The average Bonchev–Trinajstić information content (AvgIpc) is 3.39. The molecule has 4 rings (SSSR count). The second-order valence-electron chi connectivity index (χ2n) is 7.18. The summed E-state index contributed by atoms with van der Waals surface area (Å²) in [6, 6.07) is 5.87. The molecule has 0 atom stereocenters. The molecule has 2 aliphatic rings. The second-order valence-corrected chi connectivity index (χ2v) is 8.03. The number of guanidine groups is 1. The molecule has 0 amide bonds. The van der Waals surface area contributed by atoms with Crippen molar-refractivity contribution in [2.75, 3.05) is 25.0 Å². The normalized spacial score (nSPS) is 17.4. The lowest BCUT2D eigenvalue weighted by atomic mass is 10.0. The first-order valence-electron chi connectivity index (χ1n) is 9.98. The fraction of sp³-hybridized carbons (Fsp3) is 0.550. The van der Waals surface area contributed by atoms with Crippen LogP contribution in [0.15, 0.2) is 28.6 Å². The van der Waals surface area contributed by atoms with Gasteiger partial charge in [0.15, 0.2) is 11.1 Å². The van der Waals surface area contributed by atoms with E-state index in [1.165, 1.54) is 32.1 Å². The molecule has 3 heterocycles. The van der Waals surface area contributed by atoms with Gasteiger partial charge in [0.25, 0.3) is 0 Å². The van der Waals surface area contributed by atoms with Gasteiger partial charge in [-0.2, -0.15) is 0 Å². The molecule has 1 aliphatic heterocycles. The van der Waals surface area contributed by atoms with Gasteiger partial charge in [0.2, 0.25) is 5.88 Å². The Balaban J connectivity index is 1.31. The van der Waals surface area contributed by atoms with Crippen LogP contribution in [0.25, 0.3) is 11.4 Å². The summed E-state index contributed by atoms with van der Waals surface area (Å²) < 4.78 is 5.88. The molecule has 1 saturated carbocycles. The summed E-state index contributed by atoms with van der Waals surface area (Å²) in [5.41, 5.74) is 1.70. The Kier molecular flexibility index (Phi) is 6.19. The molecular weight excluding hydrogens is 358 g/mol. The van der Waals surface area contributed by atoms with Crippen LogP contribution in [0.3, 0.4) is 0 Å². The molecule has 1 fully saturated rings. The molecule has 144 valence electrons. The van der Waals surface area contributed by atoms with Crippen LogP contribution in [-0.2, 0) is 0 Å². The van der Waals surface area contributed by atoms with E-state index in [0.717, 1.165) is 60.9 Å². The predicted molar refractivity (Wildman–Crippen MR) is 111 cm³/mol. The number of nitrogens with zero attached hydrogens (tertiary/aromatic N) is 3. The first-order valence-corrected chi connectivity index (χ1v) is 10.9. The first-order chi connectivity index (χ1) is 13.4. The number of rotatable bonds is 7. The van der Waals surface area contributed by atoms with Gasteiger partial charge >= 0.3 is 0 Å². The molecule has 1 aliphatic carbocycles. The van der Waals surface area contributed by atoms with Crippen molar-refractivity contribution in [1.82, 2.24) is 15.3 Å². The molecule has 0 radical (unpaired) electrons. The summed E-state index contributed by atoms with van der Waals surface area (Å²) in [6.07, 6.45) is 9.07. The molecule has 0 saturated heterocycles. The van der Waals surface area contributed by atoms with E-state index >= 15 is 0 Å². The minimum absolute atomic E-state index is 0.680. The van der Waals surface area contributed by atoms with E-state index in [0.29, 0.717) is 5.88 Å². The van der Waals surface area contributed by atoms with Crippen molar-refractivity contribution in [1.29, 1.82) is 0 Å². The second kappa shape index (κ2) is 9.17. The first kappa shape index (κ1) is 18.2. The summed E-state index contributed by atoms with van der Waals surface area (Å²) in [5.74, 6) is 2.39. The smallest absolute Gasteiger partial charge is 0.213 e. The van der Waals surface area contributed by atoms with Crippen molar-refractivity contribution < 1.29 is 4.74 Å². The SMILES string of the molecule is c1cc(OCCCC2CCCC2)nc(-c2csc(NC3=NCCCN3)n2)c1. The van der Waals surface area contributed by atoms with Gasteiger partial charge in [-0.1, -0.05) is 31.7 Å². The Hall–Kier alpha value is -2.15. The van der Waals surface area contributed by atoms with E-state index in [2.05, 4.69) is 25.6 Å². The van der Waals surface area contributed by atoms with Crippen LogP contribution in [-0.4, -0.2) is 35.6 Å². The Morgan fingerprint density at radius 2 is 2.07 bits per heavy atom. The summed E-state index contributed by atoms with van der Waals surface area (Å²) in [5, 5.41) is 9.32. The number of pyridine rings is 1. The number of aromatic nitrogens is 2. The van der Waals surface area contributed by atoms with E-state index in [1.54, 1.807) is 11.3 Å². The summed E-state index contributed by atoms with van der Waals surface area (Å²) in [6.45, 7) is 2.54. The molecule has 0 aromatic carbocycles. The van der Waals surface area contributed by atoms with Crippen molar-refractivity contribution in [3.8, 4) is 17.3 Å². The zero-order chi connectivity index (χ0) is 18.3. The number of ether oxygens (including phenoxy) is 1. The third-order valence-electron chi connectivity index (χ3n) is 5.09. The monoisotopic (exact) mass is 385 g/mol. The largest absolute Gasteiger partial charge is 0.478 e. The maximum absolute atomic E-state index is 5.88. The van der Waals surface area contributed by atoms with Crippen molar-refractivity contribution in [2.24, 2.45) is 10.9 Å². The lowest BCUT2D eigenvalue weighted by Crippen LogP contribution is -2.35. The fourth-order valence-corrected chi connectivity index (χ4v) is 4.36. The van der Waals surface area contributed by atoms with Gasteiger partial charge in [-0.05, 0) is 31.2 Å². The van der Waals surface area contributed by atoms with E-state index in [4.69, 9.17) is 4.74 Å². The van der Waals surface area contributed by atoms with Crippen LogP contribution in [0.4, 0.5) is 5.13 Å². The van der Waals surface area contributed by atoms with Crippen molar-refractivity contribution in [2.45, 2.75) is 44.9 Å². The number of anilines is 1. The Morgan fingerprint density at radius 3 is 2.93 bits per heavy atom. The number of hydrogen-bond acceptors (Lipinski definition) is 7. The zero-order valence-corrected chi connectivity index (χ0v) is 16.4. The highest BCUT2D eigenvalue weighted by atomic mass is 32.1. The number of hydrogen-bond donors (Lipinski definition) is 2. The third kappa shape index (κ3) is 5.19. The predicted octanol–water partition coefficient (Wildman–Crippen LogP) is 4.32. The maximum Gasteiger partial charge on any atom is 0.213 e. The van der Waals surface area contributed by atoms with Crippen LogP contribution in [0.2, 0.25) is 0 Å². The summed E-state index contributed by atoms with van der Waals surface area (Å²) in [4.78, 5) is 13.7. The van der Waals surface area contributed by atoms with Crippen LogP contribution in [0, 0.1) is 5.92 Å². The molecule has 2 aromatic rings. The number of aliphatic imine (C=N–C) groups is 1. The van der Waals surface area contributed by atoms with Crippen LogP contribution >= 0.6 is 11.3 Å². The zero-order valence-electron chi connectivity index (χ0n) is 15.6. The maximum atomic E-state index is 5.88. The fourth-order valence-electron chi connectivity index (χ4n) is 3.65. The number of nitrogens with one attached hydrogen (secondary N) is 2. The third-order valence-corrected chi connectivity index (χ3v) is 5.85. The van der Waals surface area contributed by atoms with E-state index < -0.39 is 0 Å². The topological polar surface area (TPSA) is 71.4 Å². The van der Waals surface area contributed by atoms with E-state index in [1.807, 2.05) is 23.6 Å². The molecule has 7 heteroatoms. The van der Waals surface area contributed by atoms with Gasteiger partial charge in [-0.15, -0.1) is 11.3 Å². The lowest BCUT2D eigenvalue weighted by molar-refractivity contribution is 0.283. The number of thiazole rings is 1. The van der Waals surface area contributed by atoms with Gasteiger partial charge < -0.3 is 15.4 Å². The Labute approximate surface area is 164 Å². The molecule has 0 unspecified atom stereocenters. The van der Waals surface area contributed by atoms with Gasteiger partial charge in [0.05, 0.1) is 12.3 Å². The minimum atomic E-state index is 0.680. The quantitative estimate of drug-likeness (QED) is 0.695. The summed E-state index contributed by atoms with van der Waals surface area (Å²) >= 11 is 1.56. The Bertz CT molecular complexity index is 769. The van der Waals surface area contributed by atoms with Gasteiger partial charge in [0, 0.05) is 24.5 Å². The standard InChI is InChI=1S/C20H27N5OS/c1-2-7-15(6-1)8-4-13-26-18-10-3-9-16(23-18)17-14-27-20(24-17)25-19-21-11-5-12-22-19/h3,9-10,14-15H,1-2,4-8,11-13H2,(H2,21,22,24,25). The van der Waals surface area contributed by atoms with E-state index in [9.17, 15) is 0 Å². The van der Waals surface area contributed by atoms with Crippen LogP contribution < -0.4 is 15.4 Å². The van der Waals surface area contributed by atoms with Crippen LogP contribution in [0.1, 0.15) is 44.9 Å². The highest BCUT2D eigenvalue weighted by Gasteiger charge is 2.14. The molecule has 0 spiro atoms. The highest BCUT2D eigenvalue weighted by Crippen LogP contribution is 2.29. The van der Waals surface area contributed by atoms with Crippen molar-refractivity contribution in [3.05, 3.63) is 23.6 Å². The van der Waals surface area contributed by atoms with Gasteiger partial charge in [-0.3, -0.25) is 4.99 Å². The molecular formula is C20H27N5OS. The van der Waals surface area contributed by atoms with Gasteiger partial charge in [-0.25, -0.2) is 9.97 Å². The highest BCUT2D eigenvalue weighted by molar-refractivity contribution is 7.14. The molecule has 27 heavy (non-hydrogen) atoms. The molecule has 2 N–H and O–H groups in total. The Morgan fingerprint density at radius 1 is 1.15 bits per heavy atom. The minimum Gasteiger partial charge on any atom is -0.478 e. The van der Waals surface area contributed by atoms with Crippen LogP contribution in [0.5, 0.6) is 5.88 Å². The summed E-state index contributed by atoms with van der Waals surface area (Å²) in [7, 11) is 0. The molecule has 0 bridgehead atoms. The van der Waals surface area contributed by atoms with E-state index in [-0.39, 0.29) is 0 Å². The molecule has 6 nitrogen and oxygen atoms in total. The van der Waals surface area contributed by atoms with Crippen molar-refractivity contribution in [3.63, 3.8) is 0 Å². The van der Waals surface area contributed by atoms with Gasteiger partial charge in [0.1, 0.15) is 5.69 Å².